The average molecular weight is 316 g/mol. The van der Waals surface area contributed by atoms with Crippen LogP contribution in [0.5, 0.6) is 0 Å². The van der Waals surface area contributed by atoms with Crippen LogP contribution in [0.3, 0.4) is 0 Å². The van der Waals surface area contributed by atoms with Crippen LogP contribution in [0.2, 0.25) is 0 Å². The molecule has 7 nitrogen and oxygen atoms in total. The zero-order valence-electron chi connectivity index (χ0n) is 13.4. The van der Waals surface area contributed by atoms with Gasteiger partial charge in [-0.25, -0.2) is 4.68 Å². The Hall–Kier alpha value is -2.44. The van der Waals surface area contributed by atoms with Crippen molar-refractivity contribution in [3.8, 4) is 0 Å². The van der Waals surface area contributed by atoms with Crippen LogP contribution in [-0.4, -0.2) is 27.4 Å². The largest absolute Gasteiger partial charge is 0.361 e. The summed E-state index contributed by atoms with van der Waals surface area (Å²) in [5.41, 5.74) is 2.97. The zero-order chi connectivity index (χ0) is 16.4. The van der Waals surface area contributed by atoms with Crippen LogP contribution in [0.15, 0.2) is 15.4 Å². The number of nitrogens with zero attached hydrogens (tertiary/aromatic N) is 3. The van der Waals surface area contributed by atoms with Gasteiger partial charge in [0, 0.05) is 12.6 Å². The third-order valence-electron chi connectivity index (χ3n) is 4.14. The number of aryl methyl sites for hydroxylation is 4. The normalized spacial score (nSPS) is 13.7. The highest BCUT2D eigenvalue weighted by Crippen LogP contribution is 2.16. The van der Waals surface area contributed by atoms with Crippen LogP contribution in [0, 0.1) is 13.8 Å². The summed E-state index contributed by atoms with van der Waals surface area (Å²) in [7, 11) is 0. The van der Waals surface area contributed by atoms with E-state index in [1.807, 2.05) is 0 Å². The van der Waals surface area contributed by atoms with E-state index in [2.05, 4.69) is 15.6 Å². The fraction of sp³-hybridized carbons (Fsp3) is 0.500. The molecule has 2 aromatic heterocycles. The summed E-state index contributed by atoms with van der Waals surface area (Å²) in [5, 5.41) is 11.0. The fourth-order valence-corrected chi connectivity index (χ4v) is 2.93. The number of carbonyl (C=O) groups is 1. The van der Waals surface area contributed by atoms with Gasteiger partial charge in [0.15, 0.2) is 0 Å². The molecular weight excluding hydrogens is 296 g/mol. The predicted molar refractivity (Wildman–Crippen MR) is 83.4 cm³/mol. The number of rotatable bonds is 4. The minimum Gasteiger partial charge on any atom is -0.361 e. The van der Waals surface area contributed by atoms with Crippen LogP contribution in [0.4, 0.5) is 0 Å². The molecule has 1 aliphatic carbocycles. The highest BCUT2D eigenvalue weighted by Gasteiger charge is 2.17. The number of hydrogen-bond acceptors (Lipinski definition) is 5. The smallest absolute Gasteiger partial charge is 0.267 e. The molecule has 23 heavy (non-hydrogen) atoms. The van der Waals surface area contributed by atoms with E-state index >= 15 is 0 Å². The van der Waals surface area contributed by atoms with Gasteiger partial charge in [0.25, 0.3) is 11.5 Å². The molecule has 0 fully saturated rings. The maximum atomic E-state index is 12.1. The summed E-state index contributed by atoms with van der Waals surface area (Å²) >= 11 is 0. The Morgan fingerprint density at radius 2 is 2.13 bits per heavy atom. The van der Waals surface area contributed by atoms with E-state index in [4.69, 9.17) is 4.52 Å². The maximum absolute atomic E-state index is 12.1. The zero-order valence-corrected chi connectivity index (χ0v) is 13.4. The van der Waals surface area contributed by atoms with Gasteiger partial charge in [-0.2, -0.15) is 5.10 Å². The van der Waals surface area contributed by atoms with Crippen LogP contribution in [0.25, 0.3) is 0 Å². The van der Waals surface area contributed by atoms with E-state index in [1.54, 1.807) is 19.9 Å². The van der Waals surface area contributed by atoms with Crippen LogP contribution < -0.4 is 10.9 Å². The molecular formula is C16H20N4O3. The first-order valence-corrected chi connectivity index (χ1v) is 7.87. The van der Waals surface area contributed by atoms with Crippen molar-refractivity contribution in [2.75, 3.05) is 6.54 Å². The van der Waals surface area contributed by atoms with Crippen LogP contribution >= 0.6 is 0 Å². The second-order valence-corrected chi connectivity index (χ2v) is 5.84. The molecule has 0 unspecified atom stereocenters. The molecule has 3 rings (SSSR count). The van der Waals surface area contributed by atoms with Gasteiger partial charge in [-0.1, -0.05) is 5.16 Å². The highest BCUT2D eigenvalue weighted by molar-refractivity contribution is 5.96. The molecule has 0 aliphatic heterocycles. The van der Waals surface area contributed by atoms with Crippen molar-refractivity contribution in [1.82, 2.24) is 20.3 Å². The molecule has 0 bridgehead atoms. The lowest BCUT2D eigenvalue weighted by atomic mass is 9.97. The third-order valence-corrected chi connectivity index (χ3v) is 4.14. The van der Waals surface area contributed by atoms with Crippen molar-refractivity contribution in [2.24, 2.45) is 0 Å². The Balaban J connectivity index is 1.65. The number of nitrogens with one attached hydrogen (secondary N) is 1. The van der Waals surface area contributed by atoms with E-state index in [9.17, 15) is 9.59 Å². The molecule has 1 aliphatic rings. The van der Waals surface area contributed by atoms with Gasteiger partial charge in [0.05, 0.1) is 17.9 Å². The molecule has 0 atom stereocenters. The second kappa shape index (κ2) is 6.36. The summed E-state index contributed by atoms with van der Waals surface area (Å²) in [6.07, 6.45) is 4.08. The van der Waals surface area contributed by atoms with E-state index in [0.29, 0.717) is 30.1 Å². The van der Waals surface area contributed by atoms with Crippen molar-refractivity contribution in [1.29, 1.82) is 0 Å². The van der Waals surface area contributed by atoms with E-state index in [0.717, 1.165) is 36.9 Å². The Bertz CT molecular complexity index is 772. The van der Waals surface area contributed by atoms with Gasteiger partial charge < -0.3 is 9.84 Å². The maximum Gasteiger partial charge on any atom is 0.267 e. The van der Waals surface area contributed by atoms with E-state index in [-0.39, 0.29) is 11.5 Å². The minimum absolute atomic E-state index is 0.114. The lowest BCUT2D eigenvalue weighted by molar-refractivity contribution is 0.0949. The standard InChI is InChI=1S/C16H20N4O3/c1-10-15(11(2)23-19-10)16(22)17-7-8-20-14(21)9-12-5-3-4-6-13(12)18-20/h9H,3-8H2,1-2H3,(H,17,22). The molecule has 122 valence electrons. The van der Waals surface area contributed by atoms with Gasteiger partial charge in [0.1, 0.15) is 11.3 Å². The molecule has 0 aromatic carbocycles. The lowest BCUT2D eigenvalue weighted by Crippen LogP contribution is -2.33. The summed E-state index contributed by atoms with van der Waals surface area (Å²) in [5.74, 6) is 0.247. The number of fused-ring (bicyclic) bond motifs is 1. The third kappa shape index (κ3) is 3.18. The van der Waals surface area contributed by atoms with Crippen LogP contribution in [0.1, 0.15) is 45.9 Å². The summed E-state index contributed by atoms with van der Waals surface area (Å²) in [6, 6.07) is 1.68. The molecule has 0 radical (unpaired) electrons. The number of aromatic nitrogens is 3. The predicted octanol–water partition coefficient (Wildman–Crippen LogP) is 1.16. The second-order valence-electron chi connectivity index (χ2n) is 5.84. The summed E-state index contributed by atoms with van der Waals surface area (Å²) in [6.45, 7) is 4.10. The number of carbonyl (C=O) groups excluding carboxylic acids is 1. The van der Waals surface area contributed by atoms with Crippen molar-refractivity contribution >= 4 is 5.91 Å². The van der Waals surface area contributed by atoms with Gasteiger partial charge in [-0.05, 0) is 45.1 Å². The highest BCUT2D eigenvalue weighted by atomic mass is 16.5. The van der Waals surface area contributed by atoms with E-state index in [1.165, 1.54) is 4.68 Å². The molecule has 0 saturated heterocycles. The Kier molecular flexibility index (Phi) is 4.27. The van der Waals surface area contributed by atoms with Crippen molar-refractivity contribution in [3.63, 3.8) is 0 Å². The minimum atomic E-state index is -0.243. The Morgan fingerprint density at radius 3 is 2.87 bits per heavy atom. The first-order valence-electron chi connectivity index (χ1n) is 7.87. The molecule has 1 N–H and O–H groups in total. The van der Waals surface area contributed by atoms with Gasteiger partial charge >= 0.3 is 0 Å². The molecule has 0 spiro atoms. The Labute approximate surface area is 133 Å². The van der Waals surface area contributed by atoms with Gasteiger partial charge in [-0.3, -0.25) is 9.59 Å². The van der Waals surface area contributed by atoms with Crippen LogP contribution in [-0.2, 0) is 19.4 Å². The van der Waals surface area contributed by atoms with Crippen molar-refractivity contribution < 1.29 is 9.32 Å². The summed E-state index contributed by atoms with van der Waals surface area (Å²) < 4.78 is 6.41. The SMILES string of the molecule is Cc1noc(C)c1C(=O)NCCn1nc2c(cc1=O)CCCC2. The van der Waals surface area contributed by atoms with Gasteiger partial charge in [0.2, 0.25) is 0 Å². The molecule has 0 saturated carbocycles. The number of amides is 1. The first kappa shape index (κ1) is 15.5. The molecule has 1 amide bonds. The Morgan fingerprint density at radius 1 is 1.35 bits per heavy atom. The molecule has 7 heteroatoms. The van der Waals surface area contributed by atoms with Gasteiger partial charge in [-0.15, -0.1) is 0 Å². The van der Waals surface area contributed by atoms with Crippen molar-refractivity contribution in [3.05, 3.63) is 44.7 Å². The summed E-state index contributed by atoms with van der Waals surface area (Å²) in [4.78, 5) is 24.2. The fourth-order valence-electron chi connectivity index (χ4n) is 2.93. The lowest BCUT2D eigenvalue weighted by Gasteiger charge is -2.16. The van der Waals surface area contributed by atoms with Crippen molar-refractivity contribution in [2.45, 2.75) is 46.1 Å². The quantitative estimate of drug-likeness (QED) is 0.914. The average Bonchev–Trinajstić information content (AvgIpc) is 2.86. The monoisotopic (exact) mass is 316 g/mol. The number of hydrogen-bond donors (Lipinski definition) is 1. The molecule has 2 heterocycles. The van der Waals surface area contributed by atoms with E-state index < -0.39 is 0 Å². The first-order chi connectivity index (χ1) is 11.1. The topological polar surface area (TPSA) is 90.0 Å². The molecule has 2 aromatic rings.